The van der Waals surface area contributed by atoms with Gasteiger partial charge in [-0.05, 0) is 35.4 Å². The highest BCUT2D eigenvalue weighted by Gasteiger charge is 2.22. The fourth-order valence-corrected chi connectivity index (χ4v) is 3.28. The van der Waals surface area contributed by atoms with E-state index < -0.39 is 5.91 Å². The number of amides is 1. The van der Waals surface area contributed by atoms with Crippen molar-refractivity contribution in [3.8, 4) is 0 Å². The molecule has 112 valence electrons. The van der Waals surface area contributed by atoms with Gasteiger partial charge in [-0.2, -0.15) is 0 Å². The molecule has 0 aliphatic heterocycles. The lowest BCUT2D eigenvalue weighted by Gasteiger charge is -2.10. The van der Waals surface area contributed by atoms with Gasteiger partial charge in [-0.1, -0.05) is 24.6 Å². The highest BCUT2D eigenvalue weighted by atomic mass is 32.2. The topological polar surface area (TPSA) is 112 Å². The Bertz CT molecular complexity index is 619. The van der Waals surface area contributed by atoms with E-state index in [9.17, 15) is 4.79 Å². The fraction of sp³-hybridized carbons (Fsp3) is 0.500. The molecule has 0 saturated heterocycles. The third-order valence-corrected chi connectivity index (χ3v) is 4.45. The Morgan fingerprint density at radius 1 is 1.48 bits per heavy atom. The summed E-state index contributed by atoms with van der Waals surface area (Å²) < 4.78 is 7.31. The predicted molar refractivity (Wildman–Crippen MR) is 75.2 cm³/mol. The number of nitrogens with one attached hydrogen (secondary N) is 1. The molecule has 21 heavy (non-hydrogen) atoms. The fourth-order valence-electron chi connectivity index (χ4n) is 2.44. The largest absolute Gasteiger partial charge is 0.455 e. The normalized spacial score (nSPS) is 15.5. The maximum absolute atomic E-state index is 11.3. The second-order valence-corrected chi connectivity index (χ2v) is 5.81. The number of nitrogens with two attached hydrogens (primary N) is 1. The second-order valence-electron chi connectivity index (χ2n) is 4.87. The summed E-state index contributed by atoms with van der Waals surface area (Å²) in [6, 6.07) is 3.75. The molecule has 3 N–H and O–H groups in total. The Morgan fingerprint density at radius 2 is 2.29 bits per heavy atom. The van der Waals surface area contributed by atoms with Crippen LogP contribution < -0.4 is 11.3 Å². The van der Waals surface area contributed by atoms with Gasteiger partial charge in [0.1, 0.15) is 5.76 Å². The Balaban J connectivity index is 1.64. The number of aromatic nitrogens is 4. The first-order chi connectivity index (χ1) is 10.3. The van der Waals surface area contributed by atoms with Gasteiger partial charge >= 0.3 is 5.91 Å². The quantitative estimate of drug-likeness (QED) is 0.370. The highest BCUT2D eigenvalue weighted by Crippen LogP contribution is 2.32. The first-order valence-electron chi connectivity index (χ1n) is 6.78. The molecule has 0 spiro atoms. The zero-order valence-electron chi connectivity index (χ0n) is 11.4. The van der Waals surface area contributed by atoms with Crippen molar-refractivity contribution in [1.82, 2.24) is 25.6 Å². The van der Waals surface area contributed by atoms with Gasteiger partial charge in [0.2, 0.25) is 5.16 Å². The van der Waals surface area contributed by atoms with E-state index in [1.807, 2.05) is 10.1 Å². The Morgan fingerprint density at radius 3 is 3.05 bits per heavy atom. The monoisotopic (exact) mass is 308 g/mol. The number of rotatable bonds is 5. The molecule has 2 heterocycles. The molecular weight excluding hydrogens is 292 g/mol. The number of hydrazine groups is 1. The van der Waals surface area contributed by atoms with Crippen LogP contribution in [0.5, 0.6) is 0 Å². The summed E-state index contributed by atoms with van der Waals surface area (Å²) in [4.78, 5) is 11.3. The van der Waals surface area contributed by atoms with Crippen LogP contribution in [0.2, 0.25) is 0 Å². The van der Waals surface area contributed by atoms with Gasteiger partial charge in [0.05, 0.1) is 11.8 Å². The smallest absolute Gasteiger partial charge is 0.300 e. The van der Waals surface area contributed by atoms with E-state index in [0.29, 0.717) is 17.6 Å². The van der Waals surface area contributed by atoms with Crippen LogP contribution in [0.1, 0.15) is 48.0 Å². The minimum Gasteiger partial charge on any atom is -0.455 e. The molecule has 2 aromatic rings. The van der Waals surface area contributed by atoms with Gasteiger partial charge in [0, 0.05) is 0 Å². The molecule has 1 amide bonds. The van der Waals surface area contributed by atoms with Crippen LogP contribution in [0.25, 0.3) is 0 Å². The predicted octanol–water partition coefficient (Wildman–Crippen LogP) is 1.28. The van der Waals surface area contributed by atoms with Crippen molar-refractivity contribution in [3.63, 3.8) is 0 Å². The summed E-state index contributed by atoms with van der Waals surface area (Å²) in [6.45, 7) is 0. The van der Waals surface area contributed by atoms with Crippen LogP contribution in [0.3, 0.4) is 0 Å². The number of carbonyl (C=O) groups excluding carboxylic acids is 1. The van der Waals surface area contributed by atoms with Crippen LogP contribution in [0.4, 0.5) is 0 Å². The van der Waals surface area contributed by atoms with E-state index >= 15 is 0 Å². The minimum absolute atomic E-state index is 0.198. The third kappa shape index (κ3) is 3.08. The van der Waals surface area contributed by atoms with E-state index in [1.165, 1.54) is 24.6 Å². The number of furan rings is 1. The van der Waals surface area contributed by atoms with Crippen LogP contribution in [-0.4, -0.2) is 26.1 Å². The highest BCUT2D eigenvalue weighted by molar-refractivity contribution is 7.98. The van der Waals surface area contributed by atoms with Crippen molar-refractivity contribution < 1.29 is 9.21 Å². The van der Waals surface area contributed by atoms with E-state index in [-0.39, 0.29) is 5.76 Å². The molecule has 0 bridgehead atoms. The molecule has 9 heteroatoms. The summed E-state index contributed by atoms with van der Waals surface area (Å²) in [7, 11) is 0. The summed E-state index contributed by atoms with van der Waals surface area (Å²) in [5.74, 6) is 6.06. The van der Waals surface area contributed by atoms with Gasteiger partial charge in [0.25, 0.3) is 0 Å². The molecule has 0 atom stereocenters. The van der Waals surface area contributed by atoms with Crippen LogP contribution in [-0.2, 0) is 5.75 Å². The molecular formula is C12H16N6O2S. The van der Waals surface area contributed by atoms with Crippen molar-refractivity contribution in [2.45, 2.75) is 42.6 Å². The Kier molecular flexibility index (Phi) is 4.20. The maximum atomic E-state index is 11.3. The number of nitrogen functional groups attached to an aromatic ring is 1. The molecule has 1 fully saturated rings. The number of hydrogen-bond acceptors (Lipinski definition) is 7. The number of carbonyl (C=O) groups is 1. The zero-order chi connectivity index (χ0) is 14.7. The second kappa shape index (κ2) is 6.27. The summed E-state index contributed by atoms with van der Waals surface area (Å²) in [5.41, 5.74) is 2.03. The summed E-state index contributed by atoms with van der Waals surface area (Å²) in [6.07, 6.45) is 4.70. The van der Waals surface area contributed by atoms with Crippen LogP contribution in [0.15, 0.2) is 21.7 Å². The van der Waals surface area contributed by atoms with Crippen molar-refractivity contribution in [1.29, 1.82) is 0 Å². The van der Waals surface area contributed by atoms with Crippen LogP contribution in [0, 0.1) is 0 Å². The molecule has 3 rings (SSSR count). The first-order valence-corrected chi connectivity index (χ1v) is 7.77. The molecule has 2 aromatic heterocycles. The SMILES string of the molecule is NNC(=O)c1ccc(CSc2nnnn2C2CCCC2)o1. The maximum Gasteiger partial charge on any atom is 0.300 e. The number of hydrogen-bond donors (Lipinski definition) is 2. The molecule has 1 aliphatic carbocycles. The van der Waals surface area contributed by atoms with E-state index in [2.05, 4.69) is 15.5 Å². The van der Waals surface area contributed by atoms with Crippen molar-refractivity contribution in [2.75, 3.05) is 0 Å². The average molecular weight is 308 g/mol. The number of thioether (sulfide) groups is 1. The van der Waals surface area contributed by atoms with Crippen molar-refractivity contribution >= 4 is 17.7 Å². The van der Waals surface area contributed by atoms with Gasteiger partial charge in [0.15, 0.2) is 5.76 Å². The lowest BCUT2D eigenvalue weighted by Crippen LogP contribution is -2.29. The van der Waals surface area contributed by atoms with Gasteiger partial charge in [-0.25, -0.2) is 10.5 Å². The van der Waals surface area contributed by atoms with Gasteiger partial charge in [-0.15, -0.1) is 5.10 Å². The molecule has 1 saturated carbocycles. The van der Waals surface area contributed by atoms with E-state index in [0.717, 1.165) is 18.0 Å². The number of nitrogens with zero attached hydrogens (tertiary/aromatic N) is 4. The van der Waals surface area contributed by atoms with Crippen LogP contribution >= 0.6 is 11.8 Å². The van der Waals surface area contributed by atoms with Crippen molar-refractivity contribution in [3.05, 3.63) is 23.7 Å². The lowest BCUT2D eigenvalue weighted by atomic mass is 10.3. The zero-order valence-corrected chi connectivity index (χ0v) is 12.2. The summed E-state index contributed by atoms with van der Waals surface area (Å²) in [5, 5.41) is 12.7. The average Bonchev–Trinajstić information content (AvgIpc) is 3.22. The minimum atomic E-state index is -0.443. The van der Waals surface area contributed by atoms with Gasteiger partial charge < -0.3 is 4.42 Å². The standard InChI is InChI=1S/C12H16N6O2S/c13-14-11(19)10-6-5-9(20-10)7-21-12-15-16-17-18(12)8-3-1-2-4-8/h5-6,8H,1-4,7,13H2,(H,14,19). The van der Waals surface area contributed by atoms with Gasteiger partial charge in [-0.3, -0.25) is 10.2 Å². The lowest BCUT2D eigenvalue weighted by molar-refractivity contribution is 0.0924. The first kappa shape index (κ1) is 14.1. The van der Waals surface area contributed by atoms with E-state index in [1.54, 1.807) is 12.1 Å². The Hall–Kier alpha value is -1.87. The molecule has 0 unspecified atom stereocenters. The van der Waals surface area contributed by atoms with Crippen molar-refractivity contribution in [2.24, 2.45) is 5.84 Å². The third-order valence-electron chi connectivity index (χ3n) is 3.49. The molecule has 0 aromatic carbocycles. The molecule has 8 nitrogen and oxygen atoms in total. The Labute approximate surface area is 125 Å². The van der Waals surface area contributed by atoms with E-state index in [4.69, 9.17) is 10.3 Å². The number of tetrazole rings is 1. The molecule has 1 aliphatic rings. The summed E-state index contributed by atoms with van der Waals surface area (Å²) >= 11 is 1.50. The molecule has 0 radical (unpaired) electrons.